The van der Waals surface area contributed by atoms with Gasteiger partial charge in [-0.1, -0.05) is 25.1 Å². The van der Waals surface area contributed by atoms with Crippen LogP contribution in [0.15, 0.2) is 69.4 Å². The van der Waals surface area contributed by atoms with E-state index in [4.69, 9.17) is 4.74 Å². The van der Waals surface area contributed by atoms with Gasteiger partial charge >= 0.3 is 5.97 Å². The Kier molecular flexibility index (Phi) is 5.76. The van der Waals surface area contributed by atoms with Gasteiger partial charge in [0.05, 0.1) is 29.2 Å². The zero-order chi connectivity index (χ0) is 18.4. The maximum Gasteiger partial charge on any atom is 0.337 e. The van der Waals surface area contributed by atoms with Crippen molar-refractivity contribution in [3.63, 3.8) is 0 Å². The molecule has 0 spiro atoms. The molecule has 0 heterocycles. The van der Waals surface area contributed by atoms with Crippen LogP contribution in [0.25, 0.3) is 0 Å². The number of hydrogen-bond acceptors (Lipinski definition) is 6. The van der Waals surface area contributed by atoms with Crippen molar-refractivity contribution in [2.24, 2.45) is 4.40 Å². The Labute approximate surface area is 145 Å². The molecule has 0 radical (unpaired) electrons. The number of sulfonamides is 1. The predicted octanol–water partition coefficient (Wildman–Crippen LogP) is 1.34. The Morgan fingerprint density at radius 3 is 2.48 bits per heavy atom. The summed E-state index contributed by atoms with van der Waals surface area (Å²) < 4.78 is 37.9. The minimum atomic E-state index is -4.02. The molecule has 1 aliphatic carbocycles. The average molecular weight is 362 g/mol. The van der Waals surface area contributed by atoms with Crippen LogP contribution in [0.5, 0.6) is 0 Å². The van der Waals surface area contributed by atoms with Crippen LogP contribution in [0.3, 0.4) is 0 Å². The van der Waals surface area contributed by atoms with Crippen molar-refractivity contribution in [1.29, 1.82) is 0 Å². The maximum absolute atomic E-state index is 12.4. The highest BCUT2D eigenvalue weighted by Gasteiger charge is 2.16. The van der Waals surface area contributed by atoms with Crippen molar-refractivity contribution in [2.45, 2.75) is 11.8 Å². The van der Waals surface area contributed by atoms with Gasteiger partial charge in [-0.15, -0.1) is 0 Å². The van der Waals surface area contributed by atoms with E-state index >= 15 is 0 Å². The number of nitrogens with zero attached hydrogens (tertiary/aromatic N) is 1. The molecule has 0 unspecified atom stereocenters. The number of esters is 1. The molecule has 0 saturated heterocycles. The molecule has 25 heavy (non-hydrogen) atoms. The zero-order valence-corrected chi connectivity index (χ0v) is 14.4. The Balaban J connectivity index is 2.30. The molecule has 0 N–H and O–H groups in total. The number of hydrogen-bond donors (Lipinski definition) is 0. The third-order valence-corrected chi connectivity index (χ3v) is 4.46. The van der Waals surface area contributed by atoms with E-state index in [1.54, 1.807) is 6.92 Å². The molecular formula is C17H16NO6S-. The molecule has 7 nitrogen and oxygen atoms in total. The van der Waals surface area contributed by atoms with Crippen LogP contribution in [-0.4, -0.2) is 33.8 Å². The maximum atomic E-state index is 12.4. The molecule has 1 aromatic carbocycles. The third kappa shape index (κ3) is 4.57. The van der Waals surface area contributed by atoms with Crippen molar-refractivity contribution in [2.75, 3.05) is 13.7 Å². The molecule has 0 aromatic heterocycles. The molecule has 8 heteroatoms. The lowest BCUT2D eigenvalue weighted by Crippen LogP contribution is -2.12. The predicted molar refractivity (Wildman–Crippen MR) is 89.3 cm³/mol. The molecule has 1 aliphatic rings. The van der Waals surface area contributed by atoms with Gasteiger partial charge in [-0.2, -0.15) is 12.8 Å². The topological polar surface area (TPSA) is 105 Å². The molecule has 1 aromatic rings. The third-order valence-electron chi connectivity index (χ3n) is 3.16. The Bertz CT molecular complexity index is 875. The summed E-state index contributed by atoms with van der Waals surface area (Å²) in [6.45, 7) is 1.94. The second-order valence-corrected chi connectivity index (χ2v) is 6.46. The normalized spacial score (nSPS) is 13.5. The van der Waals surface area contributed by atoms with Gasteiger partial charge in [0, 0.05) is 0 Å². The monoisotopic (exact) mass is 362 g/mol. The fourth-order valence-electron chi connectivity index (χ4n) is 1.97. The van der Waals surface area contributed by atoms with Crippen LogP contribution >= 0.6 is 0 Å². The quantitative estimate of drug-likeness (QED) is 0.578. The number of benzene rings is 1. The number of carbonyl (C=O) groups excluding carboxylic acids is 1. The first-order valence-electron chi connectivity index (χ1n) is 7.31. The van der Waals surface area contributed by atoms with E-state index in [0.717, 1.165) is 0 Å². The van der Waals surface area contributed by atoms with Gasteiger partial charge in [-0.25, -0.2) is 4.79 Å². The van der Waals surface area contributed by atoms with Gasteiger partial charge in [-0.3, -0.25) is 0 Å². The number of rotatable bonds is 5. The van der Waals surface area contributed by atoms with E-state index in [1.165, 1.54) is 55.7 Å². The van der Waals surface area contributed by atoms with Crippen molar-refractivity contribution < 1.29 is 27.8 Å². The van der Waals surface area contributed by atoms with Gasteiger partial charge in [0.1, 0.15) is 0 Å². The second kappa shape index (κ2) is 7.80. The van der Waals surface area contributed by atoms with Gasteiger partial charge in [0.25, 0.3) is 10.0 Å². The number of methoxy groups -OCH3 is 1. The summed E-state index contributed by atoms with van der Waals surface area (Å²) in [5, 5.41) is 11.6. The Hall–Kier alpha value is -2.87. The van der Waals surface area contributed by atoms with Crippen LogP contribution in [0.2, 0.25) is 0 Å². The number of carbonyl (C=O) groups is 1. The van der Waals surface area contributed by atoms with Gasteiger partial charge < -0.3 is 14.6 Å². The minimum Gasteiger partial charge on any atom is -0.613 e. The van der Waals surface area contributed by atoms with E-state index in [9.17, 15) is 18.3 Å². The lowest BCUT2D eigenvalue weighted by atomic mass is 10.1. The molecule has 0 atom stereocenters. The summed E-state index contributed by atoms with van der Waals surface area (Å²) in [5.74, 6) is -1.14. The second-order valence-electron chi connectivity index (χ2n) is 4.85. The van der Waals surface area contributed by atoms with Crippen LogP contribution in [0, 0.1) is 0 Å². The van der Waals surface area contributed by atoms with E-state index in [2.05, 4.69) is 9.13 Å². The highest BCUT2D eigenvalue weighted by atomic mass is 32.2. The summed E-state index contributed by atoms with van der Waals surface area (Å²) in [5.41, 5.74) is 0.554. The molecule has 0 saturated carbocycles. The van der Waals surface area contributed by atoms with Crippen LogP contribution in [0.4, 0.5) is 0 Å². The lowest BCUT2D eigenvalue weighted by molar-refractivity contribution is -0.357. The first kappa shape index (κ1) is 18.5. The van der Waals surface area contributed by atoms with Crippen LogP contribution < -0.4 is 5.11 Å². The van der Waals surface area contributed by atoms with Crippen LogP contribution in [0.1, 0.15) is 17.3 Å². The van der Waals surface area contributed by atoms with E-state index < -0.39 is 21.9 Å². The number of ether oxygens (including phenoxy) is 2. The van der Waals surface area contributed by atoms with E-state index in [-0.39, 0.29) is 22.8 Å². The van der Waals surface area contributed by atoms with Crippen molar-refractivity contribution >= 4 is 21.7 Å². The van der Waals surface area contributed by atoms with Crippen molar-refractivity contribution in [3.05, 3.63) is 65.7 Å². The highest BCUT2D eigenvalue weighted by Crippen LogP contribution is 2.17. The SMILES string of the molecule is CCOC([O-])=C1C=CC(=NS(=O)(=O)c2cccc(C(=O)OC)c2)C=C1. The molecule has 0 bridgehead atoms. The Morgan fingerprint density at radius 1 is 1.20 bits per heavy atom. The van der Waals surface area contributed by atoms with Gasteiger partial charge in [-0.05, 0) is 42.5 Å². The average Bonchev–Trinajstić information content (AvgIpc) is 2.61. The standard InChI is InChI=1S/C17H17NO6S/c1-3-24-17(20)12-7-9-14(10-8-12)18-25(21,22)15-6-4-5-13(11-15)16(19)23-2/h4-11,20H,3H2,1-2H3/p-1. The molecular weight excluding hydrogens is 346 g/mol. The van der Waals surface area contributed by atoms with Crippen molar-refractivity contribution in [1.82, 2.24) is 0 Å². The highest BCUT2D eigenvalue weighted by molar-refractivity contribution is 7.90. The van der Waals surface area contributed by atoms with E-state index in [1.807, 2.05) is 0 Å². The summed E-state index contributed by atoms with van der Waals surface area (Å²) in [4.78, 5) is 11.4. The first-order valence-corrected chi connectivity index (χ1v) is 8.75. The molecule has 132 valence electrons. The first-order chi connectivity index (χ1) is 11.9. The largest absolute Gasteiger partial charge is 0.613 e. The summed E-state index contributed by atoms with van der Waals surface area (Å²) in [7, 11) is -2.81. The minimum absolute atomic E-state index is 0.108. The Morgan fingerprint density at radius 2 is 1.88 bits per heavy atom. The number of allylic oxidation sites excluding steroid dienone is 5. The molecule has 0 aliphatic heterocycles. The van der Waals surface area contributed by atoms with Crippen molar-refractivity contribution in [3.8, 4) is 0 Å². The summed E-state index contributed by atoms with van der Waals surface area (Å²) in [6, 6.07) is 5.40. The summed E-state index contributed by atoms with van der Waals surface area (Å²) >= 11 is 0. The summed E-state index contributed by atoms with van der Waals surface area (Å²) in [6.07, 6.45) is 5.65. The zero-order valence-electron chi connectivity index (χ0n) is 13.6. The lowest BCUT2D eigenvalue weighted by Gasteiger charge is -2.16. The van der Waals surface area contributed by atoms with Crippen LogP contribution in [-0.2, 0) is 19.5 Å². The fourth-order valence-corrected chi connectivity index (χ4v) is 3.00. The van der Waals surface area contributed by atoms with Gasteiger partial charge in [0.2, 0.25) is 0 Å². The molecule has 0 fully saturated rings. The smallest absolute Gasteiger partial charge is 0.337 e. The molecule has 0 amide bonds. The molecule has 2 rings (SSSR count). The van der Waals surface area contributed by atoms with E-state index in [0.29, 0.717) is 5.57 Å². The fraction of sp³-hybridized carbons (Fsp3) is 0.176. The van der Waals surface area contributed by atoms with Gasteiger partial charge in [0.15, 0.2) is 0 Å².